The van der Waals surface area contributed by atoms with Crippen molar-refractivity contribution in [2.24, 2.45) is 5.92 Å². The number of thiophene rings is 1. The van der Waals surface area contributed by atoms with E-state index in [1.54, 1.807) is 10.3 Å². The largest absolute Gasteiger partial charge is 0.478 e. The van der Waals surface area contributed by atoms with Crippen molar-refractivity contribution < 1.29 is 14.7 Å². The van der Waals surface area contributed by atoms with Crippen LogP contribution in [0.1, 0.15) is 36.5 Å². The SMILES string of the molecule is CCCN(CC1CC1)C(=O)Nc1sccc1C(=O)O. The van der Waals surface area contributed by atoms with E-state index in [0.717, 1.165) is 13.0 Å². The molecule has 0 bridgehead atoms. The van der Waals surface area contributed by atoms with Gasteiger partial charge in [0.2, 0.25) is 0 Å². The predicted octanol–water partition coefficient (Wildman–Crippen LogP) is 3.10. The fraction of sp³-hybridized carbons (Fsp3) is 0.538. The van der Waals surface area contributed by atoms with Crippen LogP contribution in [0.5, 0.6) is 0 Å². The van der Waals surface area contributed by atoms with Crippen LogP contribution in [-0.4, -0.2) is 35.1 Å². The molecule has 1 saturated carbocycles. The van der Waals surface area contributed by atoms with Crippen LogP contribution in [0.15, 0.2) is 11.4 Å². The Morgan fingerprint density at radius 1 is 1.53 bits per heavy atom. The van der Waals surface area contributed by atoms with E-state index in [2.05, 4.69) is 5.32 Å². The number of carbonyl (C=O) groups excluding carboxylic acids is 1. The number of nitrogens with zero attached hydrogens (tertiary/aromatic N) is 1. The van der Waals surface area contributed by atoms with Crippen molar-refractivity contribution in [3.8, 4) is 0 Å². The van der Waals surface area contributed by atoms with Gasteiger partial charge >= 0.3 is 12.0 Å². The second kappa shape index (κ2) is 6.06. The third-order valence-corrected chi connectivity index (χ3v) is 3.90. The van der Waals surface area contributed by atoms with Gasteiger partial charge in [-0.05, 0) is 36.6 Å². The van der Waals surface area contributed by atoms with Gasteiger partial charge in [0.15, 0.2) is 0 Å². The van der Waals surface area contributed by atoms with Gasteiger partial charge in [-0.15, -0.1) is 11.3 Å². The molecular formula is C13H18N2O3S. The maximum Gasteiger partial charge on any atom is 0.338 e. The lowest BCUT2D eigenvalue weighted by Crippen LogP contribution is -2.37. The molecule has 0 spiro atoms. The highest BCUT2D eigenvalue weighted by Crippen LogP contribution is 2.30. The van der Waals surface area contributed by atoms with Crippen LogP contribution in [0.4, 0.5) is 9.80 Å². The van der Waals surface area contributed by atoms with Gasteiger partial charge in [0.25, 0.3) is 0 Å². The zero-order valence-electron chi connectivity index (χ0n) is 10.9. The lowest BCUT2D eigenvalue weighted by molar-refractivity contribution is 0.0698. The zero-order chi connectivity index (χ0) is 13.8. The number of hydrogen-bond donors (Lipinski definition) is 2. The first-order chi connectivity index (χ1) is 9.11. The van der Waals surface area contributed by atoms with Crippen molar-refractivity contribution in [2.45, 2.75) is 26.2 Å². The molecule has 5 nitrogen and oxygen atoms in total. The monoisotopic (exact) mass is 282 g/mol. The fourth-order valence-corrected chi connectivity index (χ4v) is 2.68. The molecule has 2 N–H and O–H groups in total. The number of nitrogens with one attached hydrogen (secondary N) is 1. The van der Waals surface area contributed by atoms with Crippen LogP contribution in [0.2, 0.25) is 0 Å². The number of amides is 2. The molecule has 0 atom stereocenters. The van der Waals surface area contributed by atoms with Gasteiger partial charge in [-0.2, -0.15) is 0 Å². The highest BCUT2D eigenvalue weighted by Gasteiger charge is 2.27. The molecule has 1 fully saturated rings. The van der Waals surface area contributed by atoms with Gasteiger partial charge in [-0.3, -0.25) is 5.32 Å². The Bertz CT molecular complexity index is 468. The topological polar surface area (TPSA) is 69.6 Å². The van der Waals surface area contributed by atoms with E-state index in [1.807, 2.05) is 6.92 Å². The highest BCUT2D eigenvalue weighted by atomic mass is 32.1. The third kappa shape index (κ3) is 3.70. The number of urea groups is 1. The summed E-state index contributed by atoms with van der Waals surface area (Å²) < 4.78 is 0. The van der Waals surface area contributed by atoms with Gasteiger partial charge in [-0.25, -0.2) is 9.59 Å². The quantitative estimate of drug-likeness (QED) is 0.842. The summed E-state index contributed by atoms with van der Waals surface area (Å²) in [6, 6.07) is 1.31. The first kappa shape index (κ1) is 13.9. The van der Waals surface area contributed by atoms with E-state index in [9.17, 15) is 9.59 Å². The van der Waals surface area contributed by atoms with Gasteiger partial charge in [0, 0.05) is 13.1 Å². The van der Waals surface area contributed by atoms with Gasteiger partial charge in [0.1, 0.15) is 5.00 Å². The standard InChI is InChI=1S/C13H18N2O3S/c1-2-6-15(8-9-3-4-9)13(18)14-11-10(12(16)17)5-7-19-11/h5,7,9H,2-4,6,8H2,1H3,(H,14,18)(H,16,17). The molecular weight excluding hydrogens is 264 g/mol. The Kier molecular flexibility index (Phi) is 4.42. The molecule has 0 saturated heterocycles. The Morgan fingerprint density at radius 2 is 2.26 bits per heavy atom. The lowest BCUT2D eigenvalue weighted by atomic mass is 10.3. The van der Waals surface area contributed by atoms with E-state index in [-0.39, 0.29) is 11.6 Å². The normalized spacial score (nSPS) is 14.2. The van der Waals surface area contributed by atoms with E-state index in [1.165, 1.54) is 30.2 Å². The molecule has 19 heavy (non-hydrogen) atoms. The summed E-state index contributed by atoms with van der Waals surface area (Å²) in [5, 5.41) is 13.8. The van der Waals surface area contributed by atoms with Crippen molar-refractivity contribution in [1.82, 2.24) is 4.90 Å². The highest BCUT2D eigenvalue weighted by molar-refractivity contribution is 7.14. The average molecular weight is 282 g/mol. The number of carbonyl (C=O) groups is 2. The number of hydrogen-bond acceptors (Lipinski definition) is 3. The van der Waals surface area contributed by atoms with Crippen molar-refractivity contribution in [1.29, 1.82) is 0 Å². The Balaban J connectivity index is 2.00. The number of carboxylic acids is 1. The molecule has 1 aliphatic rings. The second-order valence-corrected chi connectivity index (χ2v) is 5.70. The third-order valence-electron chi connectivity index (χ3n) is 3.07. The summed E-state index contributed by atoms with van der Waals surface area (Å²) in [5.74, 6) is -0.389. The molecule has 2 rings (SSSR count). The first-order valence-electron chi connectivity index (χ1n) is 6.48. The van der Waals surface area contributed by atoms with Crippen molar-refractivity contribution >= 4 is 28.3 Å². The summed E-state index contributed by atoms with van der Waals surface area (Å²) >= 11 is 1.24. The molecule has 1 heterocycles. The maximum absolute atomic E-state index is 12.2. The molecule has 0 aromatic carbocycles. The Morgan fingerprint density at radius 3 is 2.84 bits per heavy atom. The van der Waals surface area contributed by atoms with Crippen molar-refractivity contribution in [3.05, 3.63) is 17.0 Å². The van der Waals surface area contributed by atoms with Crippen LogP contribution in [0.25, 0.3) is 0 Å². The summed E-state index contributed by atoms with van der Waals surface area (Å²) in [6.45, 7) is 3.50. The number of rotatable bonds is 6. The summed E-state index contributed by atoms with van der Waals surface area (Å²) in [6.07, 6.45) is 3.27. The van der Waals surface area contributed by atoms with E-state index in [0.29, 0.717) is 17.5 Å². The zero-order valence-corrected chi connectivity index (χ0v) is 11.7. The van der Waals surface area contributed by atoms with Gasteiger partial charge in [-0.1, -0.05) is 6.92 Å². The number of carboxylic acid groups (broad SMARTS) is 1. The van der Waals surface area contributed by atoms with Crippen molar-refractivity contribution in [3.63, 3.8) is 0 Å². The van der Waals surface area contributed by atoms with E-state index >= 15 is 0 Å². The van der Waals surface area contributed by atoms with E-state index in [4.69, 9.17) is 5.11 Å². The lowest BCUT2D eigenvalue weighted by Gasteiger charge is -2.22. The minimum Gasteiger partial charge on any atom is -0.478 e. The Labute approximate surface area is 116 Å². The van der Waals surface area contributed by atoms with Crippen LogP contribution in [-0.2, 0) is 0 Å². The van der Waals surface area contributed by atoms with Gasteiger partial charge in [0.05, 0.1) is 5.56 Å². The molecule has 104 valence electrons. The van der Waals surface area contributed by atoms with E-state index < -0.39 is 5.97 Å². The van der Waals surface area contributed by atoms with Crippen molar-refractivity contribution in [2.75, 3.05) is 18.4 Å². The molecule has 1 aromatic rings. The second-order valence-electron chi connectivity index (χ2n) is 4.79. The average Bonchev–Trinajstić information content (AvgIpc) is 3.05. The van der Waals surface area contributed by atoms with Crippen LogP contribution >= 0.6 is 11.3 Å². The number of anilines is 1. The molecule has 6 heteroatoms. The Hall–Kier alpha value is -1.56. The molecule has 2 amide bonds. The van der Waals surface area contributed by atoms with Crippen LogP contribution < -0.4 is 5.32 Å². The molecule has 1 aliphatic carbocycles. The summed E-state index contributed by atoms with van der Waals surface area (Å²) in [4.78, 5) is 24.9. The summed E-state index contributed by atoms with van der Waals surface area (Å²) in [7, 11) is 0. The fourth-order valence-electron chi connectivity index (χ4n) is 1.91. The van der Waals surface area contributed by atoms with Gasteiger partial charge < -0.3 is 10.0 Å². The van der Waals surface area contributed by atoms with Crippen LogP contribution in [0.3, 0.4) is 0 Å². The minimum absolute atomic E-state index is 0.154. The molecule has 0 unspecified atom stereocenters. The minimum atomic E-state index is -1.01. The predicted molar refractivity (Wildman–Crippen MR) is 74.9 cm³/mol. The molecule has 1 aromatic heterocycles. The molecule has 0 radical (unpaired) electrons. The smallest absolute Gasteiger partial charge is 0.338 e. The van der Waals surface area contributed by atoms with Crippen LogP contribution in [0, 0.1) is 5.92 Å². The summed E-state index contributed by atoms with van der Waals surface area (Å²) in [5.41, 5.74) is 0.154. The first-order valence-corrected chi connectivity index (χ1v) is 7.36. The number of aromatic carboxylic acids is 1. The maximum atomic E-state index is 12.2. The molecule has 0 aliphatic heterocycles.